The van der Waals surface area contributed by atoms with Gasteiger partial charge < -0.3 is 5.73 Å². The molecule has 0 heterocycles. The molecule has 1 atom stereocenters. The van der Waals surface area contributed by atoms with Crippen LogP contribution in [0.1, 0.15) is 39.0 Å². The molecule has 0 aliphatic heterocycles. The van der Waals surface area contributed by atoms with Crippen LogP contribution in [0.2, 0.25) is 0 Å². The summed E-state index contributed by atoms with van der Waals surface area (Å²) in [4.78, 5) is 10.6. The molecule has 2 heteroatoms. The molecule has 0 aromatic heterocycles. The number of hydrogen-bond acceptors (Lipinski definition) is 1. The molecular formula is C10H19NO. The molecule has 12 heavy (non-hydrogen) atoms. The number of allylic oxidation sites excluding steroid dienone is 1. The van der Waals surface area contributed by atoms with Gasteiger partial charge in [0.15, 0.2) is 0 Å². The minimum Gasteiger partial charge on any atom is -0.369 e. The summed E-state index contributed by atoms with van der Waals surface area (Å²) < 4.78 is 0. The molecule has 0 aromatic carbocycles. The second-order valence-electron chi connectivity index (χ2n) is 3.23. The Bertz CT molecular complexity index is 143. The molecule has 0 bridgehead atoms. The van der Waals surface area contributed by atoms with E-state index in [0.29, 0.717) is 0 Å². The molecule has 70 valence electrons. The van der Waals surface area contributed by atoms with E-state index in [1.807, 2.05) is 13.0 Å². The Hall–Kier alpha value is -0.790. The normalized spacial score (nSPS) is 12.4. The number of rotatable bonds is 7. The van der Waals surface area contributed by atoms with Crippen molar-refractivity contribution in [1.82, 2.24) is 0 Å². The summed E-state index contributed by atoms with van der Waals surface area (Å²) in [7, 11) is 0. The second kappa shape index (κ2) is 6.89. The molecule has 0 aliphatic rings. The van der Waals surface area contributed by atoms with Crippen LogP contribution in [0.25, 0.3) is 0 Å². The van der Waals surface area contributed by atoms with E-state index in [1.54, 1.807) is 0 Å². The fraction of sp³-hybridized carbons (Fsp3) is 0.700. The molecule has 0 fully saturated rings. The van der Waals surface area contributed by atoms with Crippen LogP contribution >= 0.6 is 0 Å². The van der Waals surface area contributed by atoms with Crippen LogP contribution < -0.4 is 5.73 Å². The van der Waals surface area contributed by atoms with Crippen molar-refractivity contribution in [2.75, 3.05) is 0 Å². The summed E-state index contributed by atoms with van der Waals surface area (Å²) >= 11 is 0. The van der Waals surface area contributed by atoms with Gasteiger partial charge in [0.05, 0.1) is 0 Å². The molecule has 2 nitrogen and oxygen atoms in total. The van der Waals surface area contributed by atoms with Crippen LogP contribution in [-0.4, -0.2) is 5.91 Å². The van der Waals surface area contributed by atoms with Crippen molar-refractivity contribution in [3.8, 4) is 0 Å². The maximum absolute atomic E-state index is 10.6. The topological polar surface area (TPSA) is 43.1 Å². The van der Waals surface area contributed by atoms with Crippen LogP contribution in [0.15, 0.2) is 12.7 Å². The fourth-order valence-corrected chi connectivity index (χ4v) is 1.06. The van der Waals surface area contributed by atoms with Gasteiger partial charge in [-0.1, -0.05) is 25.8 Å². The van der Waals surface area contributed by atoms with Gasteiger partial charge in [-0.2, -0.15) is 0 Å². The van der Waals surface area contributed by atoms with Crippen LogP contribution in [0, 0.1) is 5.92 Å². The first kappa shape index (κ1) is 11.2. The predicted octanol–water partition coefficient (Wildman–Crippen LogP) is 2.24. The summed E-state index contributed by atoms with van der Waals surface area (Å²) in [5, 5.41) is 0. The summed E-state index contributed by atoms with van der Waals surface area (Å²) in [5.74, 6) is -0.146. The van der Waals surface area contributed by atoms with Crippen molar-refractivity contribution in [2.45, 2.75) is 39.0 Å². The molecule has 0 saturated heterocycles. The monoisotopic (exact) mass is 169 g/mol. The highest BCUT2D eigenvalue weighted by molar-refractivity contribution is 5.76. The number of primary amides is 1. The second-order valence-corrected chi connectivity index (χ2v) is 3.23. The van der Waals surface area contributed by atoms with E-state index in [9.17, 15) is 4.79 Å². The molecule has 0 aromatic rings. The van der Waals surface area contributed by atoms with Crippen molar-refractivity contribution in [3.63, 3.8) is 0 Å². The first-order valence-corrected chi connectivity index (χ1v) is 4.58. The number of carbonyl (C=O) groups is 1. The summed E-state index contributed by atoms with van der Waals surface area (Å²) in [6.07, 6.45) is 7.37. The van der Waals surface area contributed by atoms with Crippen molar-refractivity contribution in [3.05, 3.63) is 12.7 Å². The lowest BCUT2D eigenvalue weighted by molar-refractivity contribution is -0.121. The Kier molecular flexibility index (Phi) is 6.44. The third kappa shape index (κ3) is 5.96. The van der Waals surface area contributed by atoms with E-state index in [0.717, 1.165) is 19.3 Å². The molecule has 0 radical (unpaired) electrons. The standard InChI is InChI=1S/C10H19NO/c1-3-4-5-6-7-8-9(2)10(11)12/h3,9H,1,4-8H2,2H3,(H2,11,12). The van der Waals surface area contributed by atoms with Gasteiger partial charge in [-0.05, 0) is 19.3 Å². The van der Waals surface area contributed by atoms with Crippen LogP contribution in [0.4, 0.5) is 0 Å². The maximum atomic E-state index is 10.6. The molecule has 0 rings (SSSR count). The first-order chi connectivity index (χ1) is 5.68. The van der Waals surface area contributed by atoms with Crippen LogP contribution in [0.5, 0.6) is 0 Å². The third-order valence-electron chi connectivity index (χ3n) is 2.03. The molecule has 0 saturated carbocycles. The zero-order chi connectivity index (χ0) is 9.40. The van der Waals surface area contributed by atoms with Gasteiger partial charge in [-0.3, -0.25) is 4.79 Å². The summed E-state index contributed by atoms with van der Waals surface area (Å²) in [5.41, 5.74) is 5.12. The Morgan fingerprint density at radius 1 is 1.50 bits per heavy atom. The van der Waals surface area contributed by atoms with Gasteiger partial charge in [-0.25, -0.2) is 0 Å². The van der Waals surface area contributed by atoms with Crippen molar-refractivity contribution < 1.29 is 4.79 Å². The summed E-state index contributed by atoms with van der Waals surface area (Å²) in [6, 6.07) is 0. The highest BCUT2D eigenvalue weighted by atomic mass is 16.1. The zero-order valence-corrected chi connectivity index (χ0v) is 7.88. The highest BCUT2D eigenvalue weighted by Gasteiger charge is 2.06. The highest BCUT2D eigenvalue weighted by Crippen LogP contribution is 2.09. The predicted molar refractivity (Wildman–Crippen MR) is 51.6 cm³/mol. The molecular weight excluding hydrogens is 150 g/mol. The molecule has 2 N–H and O–H groups in total. The van der Waals surface area contributed by atoms with Crippen LogP contribution in [-0.2, 0) is 4.79 Å². The number of amides is 1. The van der Waals surface area contributed by atoms with E-state index < -0.39 is 0 Å². The van der Waals surface area contributed by atoms with Crippen LogP contribution in [0.3, 0.4) is 0 Å². The Labute approximate surface area is 74.8 Å². The lowest BCUT2D eigenvalue weighted by Gasteiger charge is -2.05. The van der Waals surface area contributed by atoms with Gasteiger partial charge in [0.2, 0.25) is 5.91 Å². The van der Waals surface area contributed by atoms with E-state index >= 15 is 0 Å². The van der Waals surface area contributed by atoms with Gasteiger partial charge in [0.25, 0.3) is 0 Å². The van der Waals surface area contributed by atoms with Gasteiger partial charge >= 0.3 is 0 Å². The quantitative estimate of drug-likeness (QED) is 0.461. The zero-order valence-electron chi connectivity index (χ0n) is 7.88. The lowest BCUT2D eigenvalue weighted by Crippen LogP contribution is -2.20. The van der Waals surface area contributed by atoms with Gasteiger partial charge in [0.1, 0.15) is 0 Å². The summed E-state index contributed by atoms with van der Waals surface area (Å²) in [6.45, 7) is 5.53. The Balaban J connectivity index is 3.19. The maximum Gasteiger partial charge on any atom is 0.220 e. The van der Waals surface area contributed by atoms with E-state index in [1.165, 1.54) is 12.8 Å². The SMILES string of the molecule is C=CCCCCCC(C)C(N)=O. The Morgan fingerprint density at radius 2 is 2.17 bits per heavy atom. The van der Waals surface area contributed by atoms with Gasteiger partial charge in [-0.15, -0.1) is 6.58 Å². The minimum absolute atomic E-state index is 0.0359. The van der Waals surface area contributed by atoms with Crippen molar-refractivity contribution in [1.29, 1.82) is 0 Å². The minimum atomic E-state index is -0.182. The molecule has 0 aliphatic carbocycles. The lowest BCUT2D eigenvalue weighted by atomic mass is 10.0. The number of nitrogens with two attached hydrogens (primary N) is 1. The van der Waals surface area contributed by atoms with Gasteiger partial charge in [0, 0.05) is 5.92 Å². The largest absolute Gasteiger partial charge is 0.369 e. The molecule has 0 spiro atoms. The molecule has 1 unspecified atom stereocenters. The first-order valence-electron chi connectivity index (χ1n) is 4.58. The molecule has 1 amide bonds. The Morgan fingerprint density at radius 3 is 2.67 bits per heavy atom. The third-order valence-corrected chi connectivity index (χ3v) is 2.03. The van der Waals surface area contributed by atoms with E-state index in [4.69, 9.17) is 5.73 Å². The average Bonchev–Trinajstić information content (AvgIpc) is 2.03. The van der Waals surface area contributed by atoms with E-state index in [2.05, 4.69) is 6.58 Å². The van der Waals surface area contributed by atoms with E-state index in [-0.39, 0.29) is 11.8 Å². The smallest absolute Gasteiger partial charge is 0.220 e. The number of unbranched alkanes of at least 4 members (excludes halogenated alkanes) is 3. The van der Waals surface area contributed by atoms with Crippen molar-refractivity contribution in [2.24, 2.45) is 11.7 Å². The number of hydrogen-bond donors (Lipinski definition) is 1. The fourth-order valence-electron chi connectivity index (χ4n) is 1.06. The average molecular weight is 169 g/mol. The number of carbonyl (C=O) groups excluding carboxylic acids is 1. The van der Waals surface area contributed by atoms with Crippen molar-refractivity contribution >= 4 is 5.91 Å².